The number of Topliss-reactive ketones (excluding diaryl/α,β-unsaturated/α-hetero) is 1. The van der Waals surface area contributed by atoms with E-state index in [9.17, 15) is 4.79 Å². The van der Waals surface area contributed by atoms with Crippen molar-refractivity contribution >= 4 is 5.78 Å². The summed E-state index contributed by atoms with van der Waals surface area (Å²) in [6, 6.07) is 15.2. The van der Waals surface area contributed by atoms with Crippen LogP contribution in [-0.4, -0.2) is 12.4 Å². The summed E-state index contributed by atoms with van der Waals surface area (Å²) in [7, 11) is 0. The fraction of sp³-hybridized carbons (Fsp3) is 0.278. The van der Waals surface area contributed by atoms with Gasteiger partial charge in [0.1, 0.15) is 5.75 Å². The van der Waals surface area contributed by atoms with E-state index in [2.05, 4.69) is 26.8 Å². The van der Waals surface area contributed by atoms with Crippen molar-refractivity contribution in [2.24, 2.45) is 0 Å². The fourth-order valence-corrected chi connectivity index (χ4v) is 2.24. The summed E-state index contributed by atoms with van der Waals surface area (Å²) in [5.41, 5.74) is 3.19. The molecule has 0 aliphatic rings. The number of ketones is 1. The van der Waals surface area contributed by atoms with Crippen LogP contribution in [0.5, 0.6) is 5.75 Å². The molecule has 0 fully saturated rings. The maximum absolute atomic E-state index is 12.0. The van der Waals surface area contributed by atoms with E-state index in [0.29, 0.717) is 11.5 Å². The molecule has 20 heavy (non-hydrogen) atoms. The lowest BCUT2D eigenvalue weighted by Gasteiger charge is -2.12. The van der Waals surface area contributed by atoms with Crippen molar-refractivity contribution in [1.82, 2.24) is 0 Å². The maximum atomic E-state index is 12.0. The summed E-state index contributed by atoms with van der Waals surface area (Å²) in [4.78, 5) is 12.0. The molecule has 0 bridgehead atoms. The van der Waals surface area contributed by atoms with Crippen molar-refractivity contribution in [3.05, 3.63) is 65.2 Å². The van der Waals surface area contributed by atoms with E-state index >= 15 is 0 Å². The molecular formula is C18H20O2. The minimum atomic E-state index is -0.00353. The maximum Gasteiger partial charge on any atom is 0.200 e. The van der Waals surface area contributed by atoms with Gasteiger partial charge in [-0.1, -0.05) is 50.2 Å². The SMILES string of the molecule is Cc1cc(OCC(=O)c2ccccc2)ccc1C(C)C. The lowest BCUT2D eigenvalue weighted by atomic mass is 9.98. The predicted molar refractivity (Wildman–Crippen MR) is 81.5 cm³/mol. The summed E-state index contributed by atoms with van der Waals surface area (Å²) < 4.78 is 5.59. The molecule has 2 rings (SSSR count). The Balaban J connectivity index is 2.01. The Kier molecular flexibility index (Phi) is 4.57. The second-order valence-electron chi connectivity index (χ2n) is 5.25. The molecule has 0 radical (unpaired) electrons. The molecule has 2 nitrogen and oxygen atoms in total. The number of aryl methyl sites for hydroxylation is 1. The van der Waals surface area contributed by atoms with Gasteiger partial charge in [-0.15, -0.1) is 0 Å². The number of carbonyl (C=O) groups excluding carboxylic acids is 1. The smallest absolute Gasteiger partial charge is 0.200 e. The zero-order chi connectivity index (χ0) is 14.5. The topological polar surface area (TPSA) is 26.3 Å². The number of ether oxygens (including phenoxy) is 1. The molecule has 0 spiro atoms. The van der Waals surface area contributed by atoms with Gasteiger partial charge in [0.25, 0.3) is 0 Å². The van der Waals surface area contributed by atoms with Crippen LogP contribution in [0.3, 0.4) is 0 Å². The average molecular weight is 268 g/mol. The van der Waals surface area contributed by atoms with Crippen molar-refractivity contribution in [3.63, 3.8) is 0 Å². The molecule has 0 aromatic heterocycles. The molecule has 0 saturated carbocycles. The van der Waals surface area contributed by atoms with Gasteiger partial charge >= 0.3 is 0 Å². The number of hydrogen-bond donors (Lipinski definition) is 0. The van der Waals surface area contributed by atoms with Crippen molar-refractivity contribution in [2.75, 3.05) is 6.61 Å². The van der Waals surface area contributed by atoms with E-state index in [1.807, 2.05) is 30.3 Å². The standard InChI is InChI=1S/C18H20O2/c1-13(2)17-10-9-16(11-14(17)3)20-12-18(19)15-7-5-4-6-8-15/h4-11,13H,12H2,1-3H3. The summed E-state index contributed by atoms with van der Waals surface area (Å²) >= 11 is 0. The van der Waals surface area contributed by atoms with Crippen LogP contribution in [-0.2, 0) is 0 Å². The molecule has 0 atom stereocenters. The van der Waals surface area contributed by atoms with E-state index in [1.54, 1.807) is 12.1 Å². The molecule has 0 aliphatic carbocycles. The minimum absolute atomic E-state index is 0.00353. The van der Waals surface area contributed by atoms with Crippen LogP contribution in [0.15, 0.2) is 48.5 Å². The summed E-state index contributed by atoms with van der Waals surface area (Å²) in [6.45, 7) is 6.48. The Bertz CT molecular complexity index is 586. The van der Waals surface area contributed by atoms with Gasteiger partial charge in [0.2, 0.25) is 0 Å². The summed E-state index contributed by atoms with van der Waals surface area (Å²) in [5.74, 6) is 1.24. The van der Waals surface area contributed by atoms with Crippen LogP contribution in [0.25, 0.3) is 0 Å². The van der Waals surface area contributed by atoms with E-state index in [-0.39, 0.29) is 12.4 Å². The Morgan fingerprint density at radius 2 is 1.80 bits per heavy atom. The monoisotopic (exact) mass is 268 g/mol. The molecular weight excluding hydrogens is 248 g/mol. The van der Waals surface area contributed by atoms with Gasteiger partial charge in [0, 0.05) is 5.56 Å². The highest BCUT2D eigenvalue weighted by molar-refractivity contribution is 5.97. The average Bonchev–Trinajstić information content (AvgIpc) is 2.45. The van der Waals surface area contributed by atoms with Gasteiger partial charge in [-0.3, -0.25) is 4.79 Å². The highest BCUT2D eigenvalue weighted by Crippen LogP contribution is 2.23. The van der Waals surface area contributed by atoms with Crippen LogP contribution >= 0.6 is 0 Å². The van der Waals surface area contributed by atoms with Gasteiger partial charge in [-0.2, -0.15) is 0 Å². The fourth-order valence-electron chi connectivity index (χ4n) is 2.24. The molecule has 0 aliphatic heterocycles. The zero-order valence-corrected chi connectivity index (χ0v) is 12.2. The number of rotatable bonds is 5. The van der Waals surface area contributed by atoms with Gasteiger partial charge in [-0.25, -0.2) is 0 Å². The summed E-state index contributed by atoms with van der Waals surface area (Å²) in [5, 5.41) is 0. The van der Waals surface area contributed by atoms with E-state index < -0.39 is 0 Å². The predicted octanol–water partition coefficient (Wildman–Crippen LogP) is 4.38. The Morgan fingerprint density at radius 1 is 1.10 bits per heavy atom. The van der Waals surface area contributed by atoms with Gasteiger partial charge in [-0.05, 0) is 36.1 Å². The second kappa shape index (κ2) is 6.38. The molecule has 104 valence electrons. The Labute approximate surface area is 120 Å². The molecule has 0 unspecified atom stereocenters. The summed E-state index contributed by atoms with van der Waals surface area (Å²) in [6.07, 6.45) is 0. The van der Waals surface area contributed by atoms with Crippen molar-refractivity contribution in [1.29, 1.82) is 0 Å². The van der Waals surface area contributed by atoms with Crippen molar-refractivity contribution in [2.45, 2.75) is 26.7 Å². The Morgan fingerprint density at radius 3 is 2.40 bits per heavy atom. The quantitative estimate of drug-likeness (QED) is 0.752. The third kappa shape index (κ3) is 3.47. The number of hydrogen-bond acceptors (Lipinski definition) is 2. The first-order valence-electron chi connectivity index (χ1n) is 6.89. The highest BCUT2D eigenvalue weighted by atomic mass is 16.5. The van der Waals surface area contributed by atoms with Crippen molar-refractivity contribution < 1.29 is 9.53 Å². The first kappa shape index (κ1) is 14.3. The highest BCUT2D eigenvalue weighted by Gasteiger charge is 2.08. The molecule has 0 N–H and O–H groups in total. The van der Waals surface area contributed by atoms with Crippen LogP contribution < -0.4 is 4.74 Å². The normalized spacial score (nSPS) is 10.6. The third-order valence-corrected chi connectivity index (χ3v) is 3.33. The first-order valence-corrected chi connectivity index (χ1v) is 6.89. The Hall–Kier alpha value is -2.09. The third-order valence-electron chi connectivity index (χ3n) is 3.33. The molecule has 2 aromatic carbocycles. The van der Waals surface area contributed by atoms with Gasteiger partial charge < -0.3 is 4.74 Å². The van der Waals surface area contributed by atoms with Crippen LogP contribution in [0.1, 0.15) is 41.3 Å². The minimum Gasteiger partial charge on any atom is -0.485 e. The molecule has 2 heteroatoms. The van der Waals surface area contributed by atoms with Gasteiger partial charge in [0.15, 0.2) is 12.4 Å². The zero-order valence-electron chi connectivity index (χ0n) is 12.2. The van der Waals surface area contributed by atoms with Crippen LogP contribution in [0, 0.1) is 6.92 Å². The van der Waals surface area contributed by atoms with E-state index in [1.165, 1.54) is 11.1 Å². The van der Waals surface area contributed by atoms with Gasteiger partial charge in [0.05, 0.1) is 0 Å². The molecule has 0 heterocycles. The van der Waals surface area contributed by atoms with Crippen LogP contribution in [0.4, 0.5) is 0 Å². The van der Waals surface area contributed by atoms with E-state index in [0.717, 1.165) is 5.75 Å². The lowest BCUT2D eigenvalue weighted by molar-refractivity contribution is 0.0921. The molecule has 2 aromatic rings. The van der Waals surface area contributed by atoms with Crippen LogP contribution in [0.2, 0.25) is 0 Å². The number of carbonyl (C=O) groups is 1. The largest absolute Gasteiger partial charge is 0.485 e. The number of benzene rings is 2. The van der Waals surface area contributed by atoms with E-state index in [4.69, 9.17) is 4.74 Å². The first-order chi connectivity index (χ1) is 9.58. The second-order valence-corrected chi connectivity index (χ2v) is 5.25. The molecule has 0 amide bonds. The van der Waals surface area contributed by atoms with Crippen molar-refractivity contribution in [3.8, 4) is 5.75 Å². The lowest BCUT2D eigenvalue weighted by Crippen LogP contribution is -2.11. The molecule has 0 saturated heterocycles.